The number of ether oxygens (including phenoxy) is 2. The minimum absolute atomic E-state index is 0.0350. The molecule has 2 aromatic rings. The molecule has 0 spiro atoms. The number of allylic oxidation sites excluding steroid dienone is 2. The maximum atomic E-state index is 13.0. The van der Waals surface area contributed by atoms with E-state index in [0.717, 1.165) is 60.4 Å². The van der Waals surface area contributed by atoms with Gasteiger partial charge in [-0.2, -0.15) is 0 Å². The number of ketones is 1. The van der Waals surface area contributed by atoms with Crippen LogP contribution in [-0.4, -0.2) is 70.6 Å². The van der Waals surface area contributed by atoms with Gasteiger partial charge in [0.25, 0.3) is 0 Å². The van der Waals surface area contributed by atoms with Gasteiger partial charge in [0.05, 0.1) is 33.0 Å². The van der Waals surface area contributed by atoms with Crippen molar-refractivity contribution in [2.75, 3.05) is 69.5 Å². The van der Waals surface area contributed by atoms with Crippen molar-refractivity contribution < 1.29 is 19.4 Å². The van der Waals surface area contributed by atoms with E-state index in [9.17, 15) is 4.79 Å². The fourth-order valence-corrected chi connectivity index (χ4v) is 4.29. The lowest BCUT2D eigenvalue weighted by Crippen LogP contribution is -2.23. The highest BCUT2D eigenvalue weighted by atomic mass is 16.5. The summed E-state index contributed by atoms with van der Waals surface area (Å²) >= 11 is 0. The van der Waals surface area contributed by atoms with E-state index in [4.69, 9.17) is 14.6 Å². The van der Waals surface area contributed by atoms with Crippen molar-refractivity contribution in [2.45, 2.75) is 26.7 Å². The Morgan fingerprint density at radius 3 is 1.78 bits per heavy atom. The smallest absolute Gasteiger partial charge is 0.185 e. The van der Waals surface area contributed by atoms with Gasteiger partial charge in [-0.05, 0) is 74.2 Å². The highest BCUT2D eigenvalue weighted by Gasteiger charge is 2.23. The SMILES string of the molecule is CCN(CC)c1ccc(/C=C2\CC/C(=C\c3ccc(N(C)CCOCCOCCO)cc3)C2=O)cc1. The molecular formula is C30H40N2O4. The van der Waals surface area contributed by atoms with Gasteiger partial charge in [0, 0.05) is 49.2 Å². The van der Waals surface area contributed by atoms with Gasteiger partial charge < -0.3 is 24.4 Å². The summed E-state index contributed by atoms with van der Waals surface area (Å²) < 4.78 is 10.8. The molecule has 1 fully saturated rings. The van der Waals surface area contributed by atoms with Gasteiger partial charge in [0.15, 0.2) is 5.78 Å². The fraction of sp³-hybridized carbons (Fsp3) is 0.433. The zero-order valence-corrected chi connectivity index (χ0v) is 21.9. The Morgan fingerprint density at radius 2 is 1.28 bits per heavy atom. The number of benzene rings is 2. The summed E-state index contributed by atoms with van der Waals surface area (Å²) in [4.78, 5) is 17.4. The molecule has 2 aromatic carbocycles. The molecule has 1 N–H and O–H groups in total. The number of aliphatic hydroxyl groups excluding tert-OH is 1. The Hall–Kier alpha value is -2.93. The predicted molar refractivity (Wildman–Crippen MR) is 149 cm³/mol. The molecule has 36 heavy (non-hydrogen) atoms. The van der Waals surface area contributed by atoms with Crippen LogP contribution in [-0.2, 0) is 14.3 Å². The second-order valence-electron chi connectivity index (χ2n) is 8.89. The molecule has 0 heterocycles. The Bertz CT molecular complexity index is 1010. The van der Waals surface area contributed by atoms with Crippen LogP contribution in [0, 0.1) is 0 Å². The zero-order valence-electron chi connectivity index (χ0n) is 21.9. The Labute approximate surface area is 215 Å². The first-order valence-electron chi connectivity index (χ1n) is 12.9. The molecule has 0 amide bonds. The lowest BCUT2D eigenvalue weighted by Gasteiger charge is -2.20. The van der Waals surface area contributed by atoms with E-state index in [1.54, 1.807) is 0 Å². The van der Waals surface area contributed by atoms with Crippen LogP contribution in [0.2, 0.25) is 0 Å². The van der Waals surface area contributed by atoms with Crippen LogP contribution in [0.3, 0.4) is 0 Å². The largest absolute Gasteiger partial charge is 0.394 e. The quantitative estimate of drug-likeness (QED) is 0.301. The number of carbonyl (C=O) groups is 1. The second-order valence-corrected chi connectivity index (χ2v) is 8.89. The Kier molecular flexibility index (Phi) is 11.2. The lowest BCUT2D eigenvalue weighted by molar-refractivity contribution is -0.111. The van der Waals surface area contributed by atoms with E-state index in [0.29, 0.717) is 26.4 Å². The number of nitrogens with zero attached hydrogens (tertiary/aromatic N) is 2. The number of Topliss-reactive ketones (excluding diaryl/α,β-unsaturated/α-hetero) is 1. The first-order valence-corrected chi connectivity index (χ1v) is 12.9. The molecule has 6 heteroatoms. The molecule has 0 bridgehead atoms. The number of hydrogen-bond donors (Lipinski definition) is 1. The van der Waals surface area contributed by atoms with Crippen molar-refractivity contribution in [1.82, 2.24) is 0 Å². The maximum absolute atomic E-state index is 13.0. The average molecular weight is 493 g/mol. The molecule has 0 aliphatic heterocycles. The molecule has 1 saturated carbocycles. The topological polar surface area (TPSA) is 62.2 Å². The van der Waals surface area contributed by atoms with E-state index in [2.05, 4.69) is 72.2 Å². The minimum Gasteiger partial charge on any atom is -0.394 e. The van der Waals surface area contributed by atoms with Crippen LogP contribution in [0.4, 0.5) is 11.4 Å². The molecule has 0 saturated heterocycles. The molecule has 0 radical (unpaired) electrons. The minimum atomic E-state index is 0.0350. The fourth-order valence-electron chi connectivity index (χ4n) is 4.29. The van der Waals surface area contributed by atoms with E-state index < -0.39 is 0 Å². The van der Waals surface area contributed by atoms with E-state index in [-0.39, 0.29) is 12.4 Å². The number of aliphatic hydroxyl groups is 1. The average Bonchev–Trinajstić information content (AvgIpc) is 3.24. The molecule has 3 rings (SSSR count). The van der Waals surface area contributed by atoms with Gasteiger partial charge in [0.1, 0.15) is 0 Å². The monoisotopic (exact) mass is 492 g/mol. The second kappa shape index (κ2) is 14.6. The summed E-state index contributed by atoms with van der Waals surface area (Å²) in [7, 11) is 2.03. The normalized spacial score (nSPS) is 15.7. The summed E-state index contributed by atoms with van der Waals surface area (Å²) in [6, 6.07) is 16.7. The van der Waals surface area contributed by atoms with Crippen LogP contribution < -0.4 is 9.80 Å². The van der Waals surface area contributed by atoms with E-state index >= 15 is 0 Å². The number of anilines is 2. The predicted octanol–water partition coefficient (Wildman–Crippen LogP) is 4.82. The summed E-state index contributed by atoms with van der Waals surface area (Å²) in [6.07, 6.45) is 5.62. The Balaban J connectivity index is 1.53. The summed E-state index contributed by atoms with van der Waals surface area (Å²) in [5.41, 5.74) is 6.19. The summed E-state index contributed by atoms with van der Waals surface area (Å²) in [5.74, 6) is 0.157. The number of hydrogen-bond acceptors (Lipinski definition) is 6. The van der Waals surface area contributed by atoms with Crippen LogP contribution in [0.15, 0.2) is 59.7 Å². The number of likely N-dealkylation sites (N-methyl/N-ethyl adjacent to an activating group) is 1. The third-order valence-corrected chi connectivity index (χ3v) is 6.46. The van der Waals surface area contributed by atoms with Crippen LogP contribution in [0.1, 0.15) is 37.8 Å². The summed E-state index contributed by atoms with van der Waals surface area (Å²) in [5, 5.41) is 8.68. The van der Waals surface area contributed by atoms with Crippen molar-refractivity contribution in [3.05, 3.63) is 70.8 Å². The third kappa shape index (κ3) is 8.05. The maximum Gasteiger partial charge on any atom is 0.185 e. The summed E-state index contributed by atoms with van der Waals surface area (Å²) in [6.45, 7) is 9.05. The molecule has 6 nitrogen and oxygen atoms in total. The van der Waals surface area contributed by atoms with Crippen molar-refractivity contribution in [3.63, 3.8) is 0 Å². The molecule has 194 valence electrons. The van der Waals surface area contributed by atoms with Gasteiger partial charge in [-0.15, -0.1) is 0 Å². The van der Waals surface area contributed by atoms with E-state index in [1.807, 2.05) is 19.2 Å². The standard InChI is InChI=1S/C30H40N2O4/c1-4-32(5-2)29-14-8-25(9-15-29)23-27-11-10-26(30(27)34)22-24-6-12-28(13-7-24)31(3)16-18-35-20-21-36-19-17-33/h6-9,12-15,22-23,33H,4-5,10-11,16-21H2,1-3H3/b26-22+,27-23+. The lowest BCUT2D eigenvalue weighted by atomic mass is 10.1. The highest BCUT2D eigenvalue weighted by molar-refractivity contribution is 6.15. The van der Waals surface area contributed by atoms with Crippen LogP contribution in [0.25, 0.3) is 12.2 Å². The Morgan fingerprint density at radius 1 is 0.778 bits per heavy atom. The van der Waals surface area contributed by atoms with Crippen LogP contribution >= 0.6 is 0 Å². The molecule has 1 aliphatic carbocycles. The van der Waals surface area contributed by atoms with Crippen molar-refractivity contribution in [3.8, 4) is 0 Å². The van der Waals surface area contributed by atoms with Gasteiger partial charge in [-0.25, -0.2) is 0 Å². The molecule has 1 aliphatic rings. The number of carbonyl (C=O) groups excluding carboxylic acids is 1. The van der Waals surface area contributed by atoms with Crippen molar-refractivity contribution in [1.29, 1.82) is 0 Å². The van der Waals surface area contributed by atoms with Crippen molar-refractivity contribution in [2.24, 2.45) is 0 Å². The molecule has 0 atom stereocenters. The van der Waals surface area contributed by atoms with Gasteiger partial charge >= 0.3 is 0 Å². The first-order chi connectivity index (χ1) is 17.5. The number of rotatable bonds is 14. The molecule has 0 aromatic heterocycles. The molecule has 0 unspecified atom stereocenters. The van der Waals surface area contributed by atoms with Crippen LogP contribution in [0.5, 0.6) is 0 Å². The van der Waals surface area contributed by atoms with Gasteiger partial charge in [0.2, 0.25) is 0 Å². The van der Waals surface area contributed by atoms with Gasteiger partial charge in [-0.3, -0.25) is 4.79 Å². The highest BCUT2D eigenvalue weighted by Crippen LogP contribution is 2.30. The molecular weight excluding hydrogens is 452 g/mol. The third-order valence-electron chi connectivity index (χ3n) is 6.46. The van der Waals surface area contributed by atoms with E-state index in [1.165, 1.54) is 5.69 Å². The first kappa shape index (κ1) is 27.7. The zero-order chi connectivity index (χ0) is 25.8. The van der Waals surface area contributed by atoms with Crippen molar-refractivity contribution >= 4 is 29.3 Å². The van der Waals surface area contributed by atoms with Gasteiger partial charge in [-0.1, -0.05) is 24.3 Å².